The number of halogens is 1. The van der Waals surface area contributed by atoms with E-state index >= 15 is 0 Å². The molecule has 2 aromatic rings. The molecule has 0 aliphatic rings. The van der Waals surface area contributed by atoms with Crippen LogP contribution in [0.5, 0.6) is 11.5 Å². The number of carbonyl (C=O) groups is 1. The minimum absolute atomic E-state index is 0.119. The fourth-order valence-electron chi connectivity index (χ4n) is 1.90. The van der Waals surface area contributed by atoms with Crippen LogP contribution in [0.1, 0.15) is 30.1 Å². The number of esters is 1. The van der Waals surface area contributed by atoms with E-state index in [0.717, 1.165) is 12.8 Å². The van der Waals surface area contributed by atoms with Crippen molar-refractivity contribution in [3.05, 3.63) is 62.6 Å². The van der Waals surface area contributed by atoms with Crippen LogP contribution in [0.4, 0.5) is 5.69 Å². The van der Waals surface area contributed by atoms with Gasteiger partial charge in [-0.1, -0.05) is 19.4 Å². The number of non-ortho nitro benzene ring substituents is 1. The number of hydrogen-bond donors (Lipinski definition) is 0. The summed E-state index contributed by atoms with van der Waals surface area (Å²) in [5, 5.41) is 10.7. The third-order valence-electron chi connectivity index (χ3n) is 3.16. The average Bonchev–Trinajstić information content (AvgIpc) is 2.56. The van der Waals surface area contributed by atoms with Crippen LogP contribution >= 0.6 is 15.9 Å². The van der Waals surface area contributed by atoms with Crippen molar-refractivity contribution in [2.24, 2.45) is 0 Å². The predicted octanol–water partition coefficient (Wildman–Crippen LogP) is 4.76. The van der Waals surface area contributed by atoms with Crippen molar-refractivity contribution in [2.75, 3.05) is 6.61 Å². The summed E-state index contributed by atoms with van der Waals surface area (Å²) in [7, 11) is 0. The molecule has 6 nitrogen and oxygen atoms in total. The first-order valence-electron chi connectivity index (χ1n) is 7.40. The third kappa shape index (κ3) is 4.79. The van der Waals surface area contributed by atoms with Gasteiger partial charge in [-0.3, -0.25) is 10.1 Å². The Morgan fingerprint density at radius 2 is 2.04 bits per heavy atom. The molecule has 0 saturated heterocycles. The topological polar surface area (TPSA) is 78.7 Å². The molecule has 0 heterocycles. The van der Waals surface area contributed by atoms with Crippen molar-refractivity contribution in [1.29, 1.82) is 0 Å². The Bertz CT molecular complexity index is 748. The molecule has 0 atom stereocenters. The summed E-state index contributed by atoms with van der Waals surface area (Å²) in [6, 6.07) is 10.4. The zero-order valence-corrected chi connectivity index (χ0v) is 14.6. The van der Waals surface area contributed by atoms with Crippen LogP contribution in [0.2, 0.25) is 0 Å². The number of nitrogens with zero attached hydrogens (tertiary/aromatic N) is 1. The summed E-state index contributed by atoms with van der Waals surface area (Å²) in [6.07, 6.45) is 1.98. The van der Waals surface area contributed by atoms with Crippen LogP contribution in [0.15, 0.2) is 46.9 Å². The van der Waals surface area contributed by atoms with Gasteiger partial charge in [0.15, 0.2) is 0 Å². The molecule has 0 aliphatic carbocycles. The molecule has 0 fully saturated rings. The molecule has 0 bridgehead atoms. The van der Waals surface area contributed by atoms with Gasteiger partial charge in [0.2, 0.25) is 0 Å². The highest BCUT2D eigenvalue weighted by Gasteiger charge is 2.13. The molecule has 2 aromatic carbocycles. The summed E-state index contributed by atoms with van der Waals surface area (Å²) in [5.74, 6) is 0.167. The normalized spacial score (nSPS) is 10.2. The van der Waals surface area contributed by atoms with Crippen molar-refractivity contribution >= 4 is 27.6 Å². The van der Waals surface area contributed by atoms with E-state index in [1.807, 2.05) is 0 Å². The largest absolute Gasteiger partial charge is 0.492 e. The van der Waals surface area contributed by atoms with Crippen LogP contribution in [-0.2, 0) is 0 Å². The van der Waals surface area contributed by atoms with Gasteiger partial charge in [0.05, 0.1) is 27.6 Å². The highest BCUT2D eigenvalue weighted by atomic mass is 79.9. The molecule has 0 aliphatic heterocycles. The molecule has 7 heteroatoms. The molecule has 126 valence electrons. The Balaban J connectivity index is 2.08. The molecular formula is C17H16BrNO5. The molecule has 0 saturated carbocycles. The predicted molar refractivity (Wildman–Crippen MR) is 92.6 cm³/mol. The molecule has 0 spiro atoms. The van der Waals surface area contributed by atoms with Crippen LogP contribution < -0.4 is 9.47 Å². The first-order chi connectivity index (χ1) is 11.5. The summed E-state index contributed by atoms with van der Waals surface area (Å²) >= 11 is 3.36. The molecule has 0 unspecified atom stereocenters. The number of ether oxygens (including phenoxy) is 2. The van der Waals surface area contributed by atoms with E-state index in [1.54, 1.807) is 18.2 Å². The third-order valence-corrected chi connectivity index (χ3v) is 3.78. The summed E-state index contributed by atoms with van der Waals surface area (Å²) in [6.45, 7) is 2.68. The second-order valence-corrected chi connectivity index (χ2v) is 5.85. The lowest BCUT2D eigenvalue weighted by molar-refractivity contribution is -0.384. The fourth-order valence-corrected chi connectivity index (χ4v) is 2.39. The number of nitro benzene ring substituents is 1. The van der Waals surface area contributed by atoms with Crippen molar-refractivity contribution in [1.82, 2.24) is 0 Å². The highest BCUT2D eigenvalue weighted by Crippen LogP contribution is 2.27. The van der Waals surface area contributed by atoms with Gasteiger partial charge in [0.1, 0.15) is 11.5 Å². The Labute approximate surface area is 147 Å². The van der Waals surface area contributed by atoms with E-state index in [2.05, 4.69) is 22.9 Å². The van der Waals surface area contributed by atoms with E-state index in [0.29, 0.717) is 22.4 Å². The Hall–Kier alpha value is -2.41. The molecule has 0 N–H and O–H groups in total. The Morgan fingerprint density at radius 3 is 2.71 bits per heavy atom. The average molecular weight is 394 g/mol. The second kappa shape index (κ2) is 8.44. The quantitative estimate of drug-likeness (QED) is 0.223. The number of rotatable bonds is 7. The number of hydrogen-bond acceptors (Lipinski definition) is 5. The zero-order valence-electron chi connectivity index (χ0n) is 13.0. The number of nitro groups is 1. The molecule has 24 heavy (non-hydrogen) atoms. The monoisotopic (exact) mass is 393 g/mol. The molecule has 0 amide bonds. The maximum atomic E-state index is 12.2. The molecule has 0 radical (unpaired) electrons. The van der Waals surface area contributed by atoms with Crippen molar-refractivity contribution in [2.45, 2.75) is 19.8 Å². The SMILES string of the molecule is CCCCOc1ccc(C(=O)Oc2cccc([N+](=O)[O-])c2)cc1Br. The Morgan fingerprint density at radius 1 is 1.25 bits per heavy atom. The maximum absolute atomic E-state index is 12.2. The maximum Gasteiger partial charge on any atom is 0.343 e. The minimum atomic E-state index is -0.601. The zero-order chi connectivity index (χ0) is 17.5. The van der Waals surface area contributed by atoms with Crippen molar-refractivity contribution < 1.29 is 19.2 Å². The lowest BCUT2D eigenvalue weighted by Crippen LogP contribution is -2.09. The minimum Gasteiger partial charge on any atom is -0.492 e. The van der Waals surface area contributed by atoms with Crippen molar-refractivity contribution in [3.63, 3.8) is 0 Å². The van der Waals surface area contributed by atoms with Gasteiger partial charge in [-0.2, -0.15) is 0 Å². The lowest BCUT2D eigenvalue weighted by atomic mass is 10.2. The number of carbonyl (C=O) groups excluding carboxylic acids is 1. The van der Waals surface area contributed by atoms with Gasteiger partial charge in [0.25, 0.3) is 5.69 Å². The van der Waals surface area contributed by atoms with Crippen LogP contribution in [0.25, 0.3) is 0 Å². The smallest absolute Gasteiger partial charge is 0.343 e. The summed E-state index contributed by atoms with van der Waals surface area (Å²) < 4.78 is 11.4. The molecular weight excluding hydrogens is 378 g/mol. The summed E-state index contributed by atoms with van der Waals surface area (Å²) in [4.78, 5) is 22.4. The molecule has 2 rings (SSSR count). The second-order valence-electron chi connectivity index (χ2n) is 4.99. The van der Waals surface area contributed by atoms with Crippen LogP contribution in [0, 0.1) is 10.1 Å². The van der Waals surface area contributed by atoms with E-state index in [1.165, 1.54) is 24.3 Å². The van der Waals surface area contributed by atoms with Crippen molar-refractivity contribution in [3.8, 4) is 11.5 Å². The van der Waals surface area contributed by atoms with Crippen LogP contribution in [0.3, 0.4) is 0 Å². The van der Waals surface area contributed by atoms with Gasteiger partial charge in [-0.25, -0.2) is 4.79 Å². The van der Waals surface area contributed by atoms with E-state index in [9.17, 15) is 14.9 Å². The van der Waals surface area contributed by atoms with Gasteiger partial charge in [0, 0.05) is 6.07 Å². The van der Waals surface area contributed by atoms with Gasteiger partial charge < -0.3 is 9.47 Å². The first kappa shape index (κ1) is 17.9. The lowest BCUT2D eigenvalue weighted by Gasteiger charge is -2.09. The highest BCUT2D eigenvalue weighted by molar-refractivity contribution is 9.10. The standard InChI is InChI=1S/C17H16BrNO5/c1-2-3-9-23-16-8-7-12(10-15(16)18)17(20)24-14-6-4-5-13(11-14)19(21)22/h4-8,10-11H,2-3,9H2,1H3. The first-order valence-corrected chi connectivity index (χ1v) is 8.19. The van der Waals surface area contributed by atoms with Gasteiger partial charge in [-0.15, -0.1) is 0 Å². The Kier molecular flexibility index (Phi) is 6.31. The van der Waals surface area contributed by atoms with E-state index in [-0.39, 0.29) is 11.4 Å². The fraction of sp³-hybridized carbons (Fsp3) is 0.235. The van der Waals surface area contributed by atoms with Gasteiger partial charge >= 0.3 is 5.97 Å². The van der Waals surface area contributed by atoms with E-state index in [4.69, 9.17) is 9.47 Å². The van der Waals surface area contributed by atoms with Crippen LogP contribution in [-0.4, -0.2) is 17.5 Å². The number of unbranched alkanes of at least 4 members (excludes halogenated alkanes) is 1. The number of benzene rings is 2. The van der Waals surface area contributed by atoms with E-state index < -0.39 is 10.9 Å². The molecule has 0 aromatic heterocycles. The van der Waals surface area contributed by atoms with Gasteiger partial charge in [-0.05, 0) is 46.6 Å². The summed E-state index contributed by atoms with van der Waals surface area (Å²) in [5.41, 5.74) is 0.178.